The van der Waals surface area contributed by atoms with Gasteiger partial charge in [-0.1, -0.05) is 31.2 Å². The highest BCUT2D eigenvalue weighted by Crippen LogP contribution is 2.49. The Hall–Kier alpha value is -5.24. The Balaban J connectivity index is 0.941. The van der Waals surface area contributed by atoms with Crippen molar-refractivity contribution >= 4 is 52.2 Å². The summed E-state index contributed by atoms with van der Waals surface area (Å²) in [5, 5.41) is 11.7. The largest absolute Gasteiger partial charge is 0.492 e. The van der Waals surface area contributed by atoms with Crippen LogP contribution in [0.25, 0.3) is 0 Å². The number of ether oxygens (including phenoxy) is 1. The Morgan fingerprint density at radius 1 is 1.07 bits per heavy atom. The lowest BCUT2D eigenvalue weighted by atomic mass is 9.75. The molecule has 2 aromatic carbocycles. The van der Waals surface area contributed by atoms with Crippen LogP contribution in [0, 0.1) is 17.2 Å². The van der Waals surface area contributed by atoms with Crippen LogP contribution in [0.4, 0.5) is 24.5 Å². The number of piperazine rings is 1. The van der Waals surface area contributed by atoms with Gasteiger partial charge in [0.15, 0.2) is 16.6 Å². The standard InChI is InChI=1S/C44H48F3N7O5S/c1-4-30-22-32(54-41(60)53(40(58)43(54)13-6-14-43)33-23-35(44(45,46)47)36(24-48)49-25-33)10-11-37(30)59-18-17-51-15-16-52(42(2,3)27-51)26-34(55)21-29-8-5-7-28(19-29)20-31-9-12-38(56)50-39(31)57/h5,7-8,10-11,19,22-23,25,31H,4,6,9,12-18,20-21,26-27H2,1-3H3,(H,50,56,57). The maximum absolute atomic E-state index is 14.0. The molecule has 4 aliphatic rings. The number of pyridine rings is 1. The fourth-order valence-electron chi connectivity index (χ4n) is 8.85. The highest BCUT2D eigenvalue weighted by Gasteiger charge is 2.60. The number of nitrogens with zero attached hydrogens (tertiary/aromatic N) is 6. The van der Waals surface area contributed by atoms with E-state index in [1.165, 1.54) is 6.07 Å². The van der Waals surface area contributed by atoms with Gasteiger partial charge in [0.1, 0.15) is 24.0 Å². The second-order valence-electron chi connectivity index (χ2n) is 16.7. The van der Waals surface area contributed by atoms with E-state index >= 15 is 0 Å². The molecule has 1 spiro atoms. The molecular formula is C44H48F3N7O5S. The Kier molecular flexibility index (Phi) is 12.2. The van der Waals surface area contributed by atoms with Crippen LogP contribution >= 0.6 is 12.2 Å². The molecule has 1 saturated carbocycles. The molecule has 0 bridgehead atoms. The number of halogens is 3. The number of rotatable bonds is 13. The van der Waals surface area contributed by atoms with Crippen molar-refractivity contribution in [2.75, 3.05) is 49.1 Å². The summed E-state index contributed by atoms with van der Waals surface area (Å²) in [4.78, 5) is 62.2. The first-order valence-electron chi connectivity index (χ1n) is 20.4. The van der Waals surface area contributed by atoms with Gasteiger partial charge in [0.2, 0.25) is 11.8 Å². The number of anilines is 2. The number of carbonyl (C=O) groups excluding carboxylic acids is 4. The maximum atomic E-state index is 14.0. The lowest BCUT2D eigenvalue weighted by Crippen LogP contribution is -2.60. The minimum Gasteiger partial charge on any atom is -0.492 e. The summed E-state index contributed by atoms with van der Waals surface area (Å²) >= 11 is 5.80. The summed E-state index contributed by atoms with van der Waals surface area (Å²) in [5.41, 5.74) is -0.0237. The molecule has 4 heterocycles. The van der Waals surface area contributed by atoms with Gasteiger partial charge in [-0.15, -0.1) is 0 Å². The summed E-state index contributed by atoms with van der Waals surface area (Å²) in [6.07, 6.45) is 0.266. The number of hydrogen-bond acceptors (Lipinski definition) is 10. The smallest absolute Gasteiger partial charge is 0.419 e. The lowest BCUT2D eigenvalue weighted by Gasteiger charge is -2.47. The van der Waals surface area contributed by atoms with E-state index in [2.05, 4.69) is 33.9 Å². The third kappa shape index (κ3) is 8.66. The molecule has 316 valence electrons. The van der Waals surface area contributed by atoms with Crippen LogP contribution in [0.2, 0.25) is 0 Å². The van der Waals surface area contributed by atoms with Gasteiger partial charge in [-0.05, 0) is 106 Å². The quantitative estimate of drug-likeness (QED) is 0.166. The van der Waals surface area contributed by atoms with Crippen molar-refractivity contribution in [3.63, 3.8) is 0 Å². The number of benzene rings is 2. The molecule has 7 rings (SSSR count). The minimum atomic E-state index is -4.84. The van der Waals surface area contributed by atoms with E-state index in [-0.39, 0.29) is 39.9 Å². The lowest BCUT2D eigenvalue weighted by molar-refractivity contribution is -0.138. The van der Waals surface area contributed by atoms with Crippen molar-refractivity contribution in [2.24, 2.45) is 5.92 Å². The summed E-state index contributed by atoms with van der Waals surface area (Å²) in [6, 6.07) is 15.6. The highest BCUT2D eigenvalue weighted by atomic mass is 32.1. The molecule has 3 amide bonds. The van der Waals surface area contributed by atoms with Crippen molar-refractivity contribution in [1.82, 2.24) is 20.1 Å². The second-order valence-corrected chi connectivity index (χ2v) is 17.1. The number of carbonyl (C=O) groups is 4. The summed E-state index contributed by atoms with van der Waals surface area (Å²) in [5.74, 6) is -0.339. The molecule has 1 N–H and O–H groups in total. The molecule has 60 heavy (non-hydrogen) atoms. The van der Waals surface area contributed by atoms with Gasteiger partial charge < -0.3 is 9.64 Å². The molecule has 4 fully saturated rings. The minimum absolute atomic E-state index is 0.0507. The SMILES string of the molecule is CCc1cc(N2C(=S)N(c3cnc(C#N)c(C(F)(F)F)c3)C(=O)C23CCC3)ccc1OCCN1CCN(CC(=O)Cc2cccc(CC3CCC(=O)NC3=O)c2)C(C)(C)C1. The molecule has 1 atom stereocenters. The van der Waals surface area contributed by atoms with Gasteiger partial charge in [-0.25, -0.2) is 4.98 Å². The van der Waals surface area contributed by atoms with Crippen molar-refractivity contribution in [3.05, 3.63) is 82.7 Å². The molecule has 1 unspecified atom stereocenters. The first-order chi connectivity index (χ1) is 28.5. The maximum Gasteiger partial charge on any atom is 0.419 e. The molecule has 3 saturated heterocycles. The summed E-state index contributed by atoms with van der Waals surface area (Å²) in [7, 11) is 0. The van der Waals surface area contributed by atoms with Crippen LogP contribution in [0.1, 0.15) is 80.8 Å². The molecule has 1 aliphatic carbocycles. The number of ketones is 1. The first kappa shape index (κ1) is 42.9. The van der Waals surface area contributed by atoms with E-state index in [0.29, 0.717) is 82.6 Å². The van der Waals surface area contributed by atoms with Gasteiger partial charge >= 0.3 is 6.18 Å². The van der Waals surface area contributed by atoms with E-state index in [9.17, 15) is 37.6 Å². The van der Waals surface area contributed by atoms with Crippen molar-refractivity contribution < 1.29 is 37.1 Å². The number of piperidine rings is 1. The molecule has 16 heteroatoms. The zero-order valence-corrected chi connectivity index (χ0v) is 34.8. The fraction of sp³-hybridized carbons (Fsp3) is 0.477. The van der Waals surface area contributed by atoms with Crippen LogP contribution in [-0.2, 0) is 44.6 Å². The molecule has 1 aromatic heterocycles. The van der Waals surface area contributed by atoms with Crippen LogP contribution < -0.4 is 19.9 Å². The van der Waals surface area contributed by atoms with Gasteiger partial charge in [-0.3, -0.25) is 39.2 Å². The normalized spacial score (nSPS) is 20.6. The third-order valence-corrected chi connectivity index (χ3v) is 12.6. The van der Waals surface area contributed by atoms with E-state index in [4.69, 9.17) is 17.0 Å². The van der Waals surface area contributed by atoms with Gasteiger partial charge in [0.05, 0.1) is 24.0 Å². The number of Topliss-reactive ketones (excluding diaryl/α,β-unsaturated/α-hetero) is 1. The number of thiocarbonyl (C=S) groups is 1. The van der Waals surface area contributed by atoms with Gasteiger partial charge in [0.25, 0.3) is 5.91 Å². The summed E-state index contributed by atoms with van der Waals surface area (Å²) < 4.78 is 47.8. The Labute approximate surface area is 352 Å². The predicted molar refractivity (Wildman–Crippen MR) is 221 cm³/mol. The van der Waals surface area contributed by atoms with E-state index in [1.807, 2.05) is 49.4 Å². The Morgan fingerprint density at radius 3 is 2.50 bits per heavy atom. The zero-order chi connectivity index (χ0) is 43.0. The molecular weight excluding hydrogens is 796 g/mol. The zero-order valence-electron chi connectivity index (χ0n) is 33.9. The average Bonchev–Trinajstić information content (AvgIpc) is 3.42. The predicted octanol–water partition coefficient (Wildman–Crippen LogP) is 5.78. The number of imide groups is 1. The Morgan fingerprint density at radius 2 is 1.83 bits per heavy atom. The number of amides is 3. The number of nitrogens with one attached hydrogen (secondary N) is 1. The number of hydrogen-bond donors (Lipinski definition) is 1. The Bertz CT molecular complexity index is 2250. The van der Waals surface area contributed by atoms with Crippen LogP contribution in [0.5, 0.6) is 5.75 Å². The van der Waals surface area contributed by atoms with Crippen molar-refractivity contribution in [1.29, 1.82) is 5.26 Å². The number of alkyl halides is 3. The first-order valence-corrected chi connectivity index (χ1v) is 20.8. The number of aromatic nitrogens is 1. The number of nitriles is 1. The van der Waals surface area contributed by atoms with Crippen LogP contribution in [0.15, 0.2) is 54.7 Å². The monoisotopic (exact) mass is 843 g/mol. The average molecular weight is 844 g/mol. The van der Waals surface area contributed by atoms with Crippen LogP contribution in [-0.4, -0.2) is 93.8 Å². The van der Waals surface area contributed by atoms with E-state index < -0.39 is 28.9 Å². The third-order valence-electron chi connectivity index (χ3n) is 12.2. The van der Waals surface area contributed by atoms with E-state index in [1.54, 1.807) is 4.90 Å². The highest BCUT2D eigenvalue weighted by molar-refractivity contribution is 7.81. The summed E-state index contributed by atoms with van der Waals surface area (Å²) in [6.45, 7) is 9.89. The fourth-order valence-corrected chi connectivity index (χ4v) is 9.32. The number of aryl methyl sites for hydroxylation is 1. The van der Waals surface area contributed by atoms with Crippen LogP contribution in [0.3, 0.4) is 0 Å². The van der Waals surface area contributed by atoms with Crippen molar-refractivity contribution in [3.8, 4) is 11.8 Å². The van der Waals surface area contributed by atoms with E-state index in [0.717, 1.165) is 53.4 Å². The molecule has 3 aromatic rings. The van der Waals surface area contributed by atoms with Crippen molar-refractivity contribution in [2.45, 2.75) is 89.4 Å². The second kappa shape index (κ2) is 17.0. The topological polar surface area (TPSA) is 139 Å². The molecule has 3 aliphatic heterocycles. The van der Waals surface area contributed by atoms with Gasteiger partial charge in [-0.2, -0.15) is 18.4 Å². The van der Waals surface area contributed by atoms with Gasteiger partial charge in [0, 0.05) is 56.2 Å². The molecule has 12 nitrogen and oxygen atoms in total. The molecule has 0 radical (unpaired) electrons.